The van der Waals surface area contributed by atoms with E-state index in [1.165, 1.54) is 0 Å². The Kier molecular flexibility index (Phi) is 3.97. The summed E-state index contributed by atoms with van der Waals surface area (Å²) in [4.78, 5) is 16.4. The van der Waals surface area contributed by atoms with Gasteiger partial charge in [-0.2, -0.15) is 0 Å². The Labute approximate surface area is 111 Å². The topological polar surface area (TPSA) is 77.2 Å². The Hall–Kier alpha value is -2.14. The Morgan fingerprint density at radius 1 is 1.47 bits per heavy atom. The van der Waals surface area contributed by atoms with Crippen molar-refractivity contribution in [1.82, 2.24) is 10.3 Å². The Morgan fingerprint density at radius 2 is 2.21 bits per heavy atom. The first-order chi connectivity index (χ1) is 9.11. The molecule has 2 rings (SSSR count). The van der Waals surface area contributed by atoms with Gasteiger partial charge in [0.2, 0.25) is 0 Å². The first kappa shape index (κ1) is 13.3. The highest BCUT2D eigenvalue weighted by Crippen LogP contribution is 2.19. The van der Waals surface area contributed by atoms with Crippen LogP contribution in [-0.4, -0.2) is 30.6 Å². The van der Waals surface area contributed by atoms with E-state index >= 15 is 0 Å². The molecule has 1 heterocycles. The SMILES string of the molecule is COC(C)CNC(=O)c1cc(N)nc2ccccc12. The molecule has 0 aliphatic heterocycles. The summed E-state index contributed by atoms with van der Waals surface area (Å²) in [6.45, 7) is 2.34. The number of nitrogens with two attached hydrogens (primary N) is 1. The van der Waals surface area contributed by atoms with Gasteiger partial charge in [0.25, 0.3) is 5.91 Å². The summed E-state index contributed by atoms with van der Waals surface area (Å²) in [6, 6.07) is 9.02. The summed E-state index contributed by atoms with van der Waals surface area (Å²) in [5, 5.41) is 3.61. The summed E-state index contributed by atoms with van der Waals surface area (Å²) >= 11 is 0. The minimum absolute atomic E-state index is 0.0330. The molecular weight excluding hydrogens is 242 g/mol. The van der Waals surface area contributed by atoms with Crippen molar-refractivity contribution in [3.63, 3.8) is 0 Å². The fourth-order valence-corrected chi connectivity index (χ4v) is 1.80. The van der Waals surface area contributed by atoms with E-state index in [-0.39, 0.29) is 12.0 Å². The lowest BCUT2D eigenvalue weighted by Crippen LogP contribution is -2.31. The van der Waals surface area contributed by atoms with Gasteiger partial charge in [0.1, 0.15) is 5.82 Å². The zero-order valence-electron chi connectivity index (χ0n) is 11.0. The van der Waals surface area contributed by atoms with Crippen molar-refractivity contribution in [2.45, 2.75) is 13.0 Å². The van der Waals surface area contributed by atoms with Gasteiger partial charge in [-0.3, -0.25) is 4.79 Å². The smallest absolute Gasteiger partial charge is 0.252 e. The zero-order chi connectivity index (χ0) is 13.8. The molecule has 0 saturated heterocycles. The molecule has 3 N–H and O–H groups in total. The summed E-state index contributed by atoms with van der Waals surface area (Å²) in [5.41, 5.74) is 6.98. The van der Waals surface area contributed by atoms with Crippen molar-refractivity contribution in [1.29, 1.82) is 0 Å². The number of para-hydroxylation sites is 1. The van der Waals surface area contributed by atoms with Crippen LogP contribution in [0.2, 0.25) is 0 Å². The number of benzene rings is 1. The molecule has 2 aromatic rings. The highest BCUT2D eigenvalue weighted by molar-refractivity contribution is 6.06. The second kappa shape index (κ2) is 5.67. The van der Waals surface area contributed by atoms with Crippen LogP contribution in [0, 0.1) is 0 Å². The van der Waals surface area contributed by atoms with E-state index in [1.54, 1.807) is 13.2 Å². The zero-order valence-corrected chi connectivity index (χ0v) is 11.0. The second-order valence-corrected chi connectivity index (χ2v) is 4.37. The van der Waals surface area contributed by atoms with Crippen molar-refractivity contribution >= 4 is 22.6 Å². The molecular formula is C14H17N3O2. The third kappa shape index (κ3) is 3.00. The third-order valence-electron chi connectivity index (χ3n) is 2.93. The second-order valence-electron chi connectivity index (χ2n) is 4.37. The third-order valence-corrected chi connectivity index (χ3v) is 2.93. The van der Waals surface area contributed by atoms with Crippen LogP contribution in [0.1, 0.15) is 17.3 Å². The number of hydrogen-bond donors (Lipinski definition) is 2. The number of carbonyl (C=O) groups excluding carboxylic acids is 1. The number of nitrogens with one attached hydrogen (secondary N) is 1. The van der Waals surface area contributed by atoms with Crippen molar-refractivity contribution < 1.29 is 9.53 Å². The molecule has 1 atom stereocenters. The lowest BCUT2D eigenvalue weighted by molar-refractivity contribution is 0.0872. The van der Waals surface area contributed by atoms with Gasteiger partial charge in [0.15, 0.2) is 0 Å². The summed E-state index contributed by atoms with van der Waals surface area (Å²) in [7, 11) is 1.61. The quantitative estimate of drug-likeness (QED) is 0.874. The predicted molar refractivity (Wildman–Crippen MR) is 75.0 cm³/mol. The standard InChI is InChI=1S/C14H17N3O2/c1-9(19-2)8-16-14(18)11-7-13(15)17-12-6-4-3-5-10(11)12/h3-7,9H,8H2,1-2H3,(H2,15,17)(H,16,18). The Morgan fingerprint density at radius 3 is 2.95 bits per heavy atom. The lowest BCUT2D eigenvalue weighted by atomic mass is 10.1. The summed E-state index contributed by atoms with van der Waals surface area (Å²) in [6.07, 6.45) is -0.0330. The van der Waals surface area contributed by atoms with Crippen LogP contribution < -0.4 is 11.1 Å². The lowest BCUT2D eigenvalue weighted by Gasteiger charge is -2.12. The number of anilines is 1. The van der Waals surface area contributed by atoms with E-state index in [2.05, 4.69) is 10.3 Å². The first-order valence-corrected chi connectivity index (χ1v) is 6.08. The number of pyridine rings is 1. The maximum atomic E-state index is 12.2. The van der Waals surface area contributed by atoms with Crippen LogP contribution in [-0.2, 0) is 4.74 Å². The van der Waals surface area contributed by atoms with Crippen LogP contribution in [0.4, 0.5) is 5.82 Å². The molecule has 0 aliphatic carbocycles. The number of ether oxygens (including phenoxy) is 1. The maximum absolute atomic E-state index is 12.2. The number of nitrogens with zero attached hydrogens (tertiary/aromatic N) is 1. The fraction of sp³-hybridized carbons (Fsp3) is 0.286. The van der Waals surface area contributed by atoms with E-state index in [1.807, 2.05) is 31.2 Å². The van der Waals surface area contributed by atoms with Crippen molar-refractivity contribution in [3.05, 3.63) is 35.9 Å². The van der Waals surface area contributed by atoms with E-state index in [0.717, 1.165) is 5.39 Å². The maximum Gasteiger partial charge on any atom is 0.252 e. The molecule has 100 valence electrons. The molecule has 0 saturated carbocycles. The first-order valence-electron chi connectivity index (χ1n) is 6.08. The molecule has 0 radical (unpaired) electrons. The number of carbonyl (C=O) groups is 1. The number of hydrogen-bond acceptors (Lipinski definition) is 4. The van der Waals surface area contributed by atoms with Crippen molar-refractivity contribution in [2.75, 3.05) is 19.4 Å². The number of amides is 1. The van der Waals surface area contributed by atoms with E-state index < -0.39 is 0 Å². The largest absolute Gasteiger partial charge is 0.384 e. The normalized spacial score (nSPS) is 12.3. The average Bonchev–Trinajstić information content (AvgIpc) is 2.43. The molecule has 0 spiro atoms. The van der Waals surface area contributed by atoms with Crippen LogP contribution in [0.15, 0.2) is 30.3 Å². The molecule has 0 fully saturated rings. The number of aromatic nitrogens is 1. The van der Waals surface area contributed by atoms with E-state index in [9.17, 15) is 4.79 Å². The molecule has 1 aromatic heterocycles. The number of nitrogen functional groups attached to an aromatic ring is 1. The molecule has 0 bridgehead atoms. The van der Waals surface area contributed by atoms with Gasteiger partial charge in [0.05, 0.1) is 17.2 Å². The van der Waals surface area contributed by atoms with Gasteiger partial charge in [-0.1, -0.05) is 18.2 Å². The highest BCUT2D eigenvalue weighted by atomic mass is 16.5. The molecule has 1 aromatic carbocycles. The fourth-order valence-electron chi connectivity index (χ4n) is 1.80. The van der Waals surface area contributed by atoms with Gasteiger partial charge in [0, 0.05) is 19.0 Å². The van der Waals surface area contributed by atoms with Crippen LogP contribution in [0.3, 0.4) is 0 Å². The molecule has 5 heteroatoms. The molecule has 5 nitrogen and oxygen atoms in total. The van der Waals surface area contributed by atoms with Crippen LogP contribution in [0.5, 0.6) is 0 Å². The van der Waals surface area contributed by atoms with Gasteiger partial charge >= 0.3 is 0 Å². The molecule has 19 heavy (non-hydrogen) atoms. The van der Waals surface area contributed by atoms with Crippen molar-refractivity contribution in [3.8, 4) is 0 Å². The number of rotatable bonds is 4. The van der Waals surface area contributed by atoms with Gasteiger partial charge < -0.3 is 15.8 Å². The molecule has 0 aliphatic rings. The Balaban J connectivity index is 2.31. The minimum atomic E-state index is -0.172. The summed E-state index contributed by atoms with van der Waals surface area (Å²) < 4.78 is 5.10. The molecule has 1 unspecified atom stereocenters. The molecule has 1 amide bonds. The van der Waals surface area contributed by atoms with E-state index in [0.29, 0.717) is 23.4 Å². The minimum Gasteiger partial charge on any atom is -0.384 e. The predicted octanol–water partition coefficient (Wildman–Crippen LogP) is 1.58. The van der Waals surface area contributed by atoms with Gasteiger partial charge in [-0.15, -0.1) is 0 Å². The monoisotopic (exact) mass is 259 g/mol. The average molecular weight is 259 g/mol. The number of methoxy groups -OCH3 is 1. The van der Waals surface area contributed by atoms with Crippen molar-refractivity contribution in [2.24, 2.45) is 0 Å². The summed E-state index contributed by atoms with van der Waals surface area (Å²) in [5.74, 6) is 0.165. The number of fused-ring (bicyclic) bond motifs is 1. The Bertz CT molecular complexity index is 598. The van der Waals surface area contributed by atoms with E-state index in [4.69, 9.17) is 10.5 Å². The van der Waals surface area contributed by atoms with Gasteiger partial charge in [-0.05, 0) is 19.1 Å². The highest BCUT2D eigenvalue weighted by Gasteiger charge is 2.12. The van der Waals surface area contributed by atoms with Gasteiger partial charge in [-0.25, -0.2) is 4.98 Å². The van der Waals surface area contributed by atoms with Crippen LogP contribution >= 0.6 is 0 Å². The van der Waals surface area contributed by atoms with Crippen LogP contribution in [0.25, 0.3) is 10.9 Å².